The van der Waals surface area contributed by atoms with Crippen LogP contribution in [-0.2, 0) is 4.79 Å². The number of hydrogen-bond donors (Lipinski definition) is 2. The molecule has 18 heavy (non-hydrogen) atoms. The van der Waals surface area contributed by atoms with Crippen LogP contribution >= 0.6 is 15.9 Å². The van der Waals surface area contributed by atoms with Crippen LogP contribution < -0.4 is 10.1 Å². The molecule has 0 atom stereocenters. The smallest absolute Gasteiger partial charge is 0.223 e. The summed E-state index contributed by atoms with van der Waals surface area (Å²) in [5, 5.41) is 12.1. The molecule has 0 bridgehead atoms. The highest BCUT2D eigenvalue weighted by molar-refractivity contribution is 9.10. The third-order valence-electron chi connectivity index (χ3n) is 2.13. The standard InChI is InChI=1S/C13H18BrNO3/c1-13(2,17)9-15-12(16)7-8-18-11-5-3-10(14)4-6-11/h3-6,17H,7-9H2,1-2H3,(H,15,16). The molecule has 0 aliphatic rings. The van der Waals surface area contributed by atoms with Crippen LogP contribution in [0.1, 0.15) is 20.3 Å². The molecular weight excluding hydrogens is 298 g/mol. The minimum Gasteiger partial charge on any atom is -0.493 e. The van der Waals surface area contributed by atoms with Gasteiger partial charge in [-0.25, -0.2) is 0 Å². The van der Waals surface area contributed by atoms with Gasteiger partial charge in [0.05, 0.1) is 18.6 Å². The van der Waals surface area contributed by atoms with Crippen LogP contribution in [0.2, 0.25) is 0 Å². The summed E-state index contributed by atoms with van der Waals surface area (Å²) in [6, 6.07) is 7.42. The molecule has 5 heteroatoms. The molecule has 0 saturated carbocycles. The summed E-state index contributed by atoms with van der Waals surface area (Å²) < 4.78 is 6.40. The monoisotopic (exact) mass is 315 g/mol. The number of halogens is 1. The first kappa shape index (κ1) is 15.0. The van der Waals surface area contributed by atoms with Gasteiger partial charge >= 0.3 is 0 Å². The molecule has 0 spiro atoms. The Morgan fingerprint density at radius 1 is 1.39 bits per heavy atom. The first-order valence-corrected chi connectivity index (χ1v) is 6.53. The fourth-order valence-electron chi connectivity index (χ4n) is 1.20. The summed E-state index contributed by atoms with van der Waals surface area (Å²) in [6.07, 6.45) is 0.270. The van der Waals surface area contributed by atoms with Gasteiger partial charge in [-0.05, 0) is 38.1 Å². The van der Waals surface area contributed by atoms with E-state index in [2.05, 4.69) is 21.2 Å². The zero-order valence-corrected chi connectivity index (χ0v) is 12.2. The number of carbonyl (C=O) groups excluding carboxylic acids is 1. The van der Waals surface area contributed by atoms with Gasteiger partial charge in [0, 0.05) is 11.0 Å². The van der Waals surface area contributed by atoms with Gasteiger partial charge in [0.1, 0.15) is 5.75 Å². The number of nitrogens with one attached hydrogen (secondary N) is 1. The van der Waals surface area contributed by atoms with Gasteiger partial charge in [-0.15, -0.1) is 0 Å². The number of carbonyl (C=O) groups is 1. The van der Waals surface area contributed by atoms with Gasteiger partial charge in [-0.3, -0.25) is 4.79 Å². The van der Waals surface area contributed by atoms with Gasteiger partial charge in [0.2, 0.25) is 5.91 Å². The molecule has 0 aliphatic heterocycles. The van der Waals surface area contributed by atoms with Crippen molar-refractivity contribution in [2.45, 2.75) is 25.9 Å². The lowest BCUT2D eigenvalue weighted by molar-refractivity contribution is -0.122. The largest absolute Gasteiger partial charge is 0.493 e. The Kier molecular flexibility index (Phi) is 5.62. The van der Waals surface area contributed by atoms with Crippen molar-refractivity contribution in [3.8, 4) is 5.75 Å². The maximum atomic E-state index is 11.4. The summed E-state index contributed by atoms with van der Waals surface area (Å²) in [4.78, 5) is 11.4. The van der Waals surface area contributed by atoms with Crippen LogP contribution in [0.4, 0.5) is 0 Å². The van der Waals surface area contributed by atoms with Gasteiger partial charge < -0.3 is 15.2 Å². The maximum absolute atomic E-state index is 11.4. The predicted octanol–water partition coefficient (Wildman–Crippen LogP) is 2.11. The van der Waals surface area contributed by atoms with Crippen molar-refractivity contribution in [1.29, 1.82) is 0 Å². The fraction of sp³-hybridized carbons (Fsp3) is 0.462. The molecule has 0 unspecified atom stereocenters. The first-order chi connectivity index (χ1) is 8.37. The lowest BCUT2D eigenvalue weighted by Gasteiger charge is -2.17. The molecule has 2 N–H and O–H groups in total. The summed E-state index contributed by atoms with van der Waals surface area (Å²) in [7, 11) is 0. The lowest BCUT2D eigenvalue weighted by atomic mass is 10.1. The molecule has 1 aromatic rings. The molecule has 100 valence electrons. The van der Waals surface area contributed by atoms with Gasteiger partial charge in [0.25, 0.3) is 0 Å². The summed E-state index contributed by atoms with van der Waals surface area (Å²) in [5.41, 5.74) is -0.887. The van der Waals surface area contributed by atoms with Crippen molar-refractivity contribution in [2.24, 2.45) is 0 Å². The van der Waals surface area contributed by atoms with E-state index >= 15 is 0 Å². The predicted molar refractivity (Wildman–Crippen MR) is 73.6 cm³/mol. The Bertz CT molecular complexity index is 384. The molecule has 0 radical (unpaired) electrons. The zero-order valence-electron chi connectivity index (χ0n) is 10.6. The van der Waals surface area contributed by atoms with Crippen LogP contribution in [-0.4, -0.2) is 29.8 Å². The molecule has 0 saturated heterocycles. The van der Waals surface area contributed by atoms with Crippen molar-refractivity contribution >= 4 is 21.8 Å². The highest BCUT2D eigenvalue weighted by atomic mass is 79.9. The third kappa shape index (κ3) is 6.61. The highest BCUT2D eigenvalue weighted by Crippen LogP contribution is 2.16. The molecule has 0 fully saturated rings. The van der Waals surface area contributed by atoms with E-state index in [0.29, 0.717) is 6.61 Å². The second kappa shape index (κ2) is 6.75. The van der Waals surface area contributed by atoms with E-state index in [-0.39, 0.29) is 18.9 Å². The summed E-state index contributed by atoms with van der Waals surface area (Å²) in [6.45, 7) is 3.85. The maximum Gasteiger partial charge on any atom is 0.223 e. The van der Waals surface area contributed by atoms with E-state index < -0.39 is 5.60 Å². The molecule has 1 aromatic carbocycles. The third-order valence-corrected chi connectivity index (χ3v) is 2.66. The number of aliphatic hydroxyl groups is 1. The molecule has 4 nitrogen and oxygen atoms in total. The lowest BCUT2D eigenvalue weighted by Crippen LogP contribution is -2.38. The van der Waals surface area contributed by atoms with Crippen LogP contribution in [0, 0.1) is 0 Å². The number of benzene rings is 1. The second-order valence-corrected chi connectivity index (χ2v) is 5.56. The molecule has 1 amide bonds. The van der Waals surface area contributed by atoms with Crippen molar-refractivity contribution in [2.75, 3.05) is 13.2 Å². The Morgan fingerprint density at radius 3 is 2.56 bits per heavy atom. The number of ether oxygens (including phenoxy) is 1. The molecule has 1 rings (SSSR count). The van der Waals surface area contributed by atoms with Crippen LogP contribution in [0.3, 0.4) is 0 Å². The molecular formula is C13H18BrNO3. The Balaban J connectivity index is 2.21. The number of hydrogen-bond acceptors (Lipinski definition) is 3. The van der Waals surface area contributed by atoms with Crippen molar-refractivity contribution in [3.63, 3.8) is 0 Å². The van der Waals surface area contributed by atoms with E-state index in [9.17, 15) is 9.90 Å². The molecule has 0 aliphatic carbocycles. The fourth-order valence-corrected chi connectivity index (χ4v) is 1.46. The SMILES string of the molecule is CC(C)(O)CNC(=O)CCOc1ccc(Br)cc1. The van der Waals surface area contributed by atoms with Crippen molar-refractivity contribution in [3.05, 3.63) is 28.7 Å². The van der Waals surface area contributed by atoms with Crippen molar-refractivity contribution < 1.29 is 14.6 Å². The van der Waals surface area contributed by atoms with E-state index in [1.165, 1.54) is 0 Å². The average Bonchev–Trinajstić information content (AvgIpc) is 2.28. The minimum atomic E-state index is -0.887. The van der Waals surface area contributed by atoms with E-state index in [1.54, 1.807) is 13.8 Å². The van der Waals surface area contributed by atoms with E-state index in [1.807, 2.05) is 24.3 Å². The summed E-state index contributed by atoms with van der Waals surface area (Å²) >= 11 is 3.33. The van der Waals surface area contributed by atoms with Crippen LogP contribution in [0.5, 0.6) is 5.75 Å². The Labute approximate surface area is 115 Å². The first-order valence-electron chi connectivity index (χ1n) is 5.74. The van der Waals surface area contributed by atoms with E-state index in [4.69, 9.17) is 4.74 Å². The van der Waals surface area contributed by atoms with Gasteiger partial charge in [0.15, 0.2) is 0 Å². The van der Waals surface area contributed by atoms with Crippen molar-refractivity contribution in [1.82, 2.24) is 5.32 Å². The quantitative estimate of drug-likeness (QED) is 0.845. The Morgan fingerprint density at radius 2 is 2.00 bits per heavy atom. The zero-order chi connectivity index (χ0) is 13.6. The van der Waals surface area contributed by atoms with E-state index in [0.717, 1.165) is 10.2 Å². The normalized spacial score (nSPS) is 11.1. The van der Waals surface area contributed by atoms with Gasteiger partial charge in [-0.2, -0.15) is 0 Å². The Hall–Kier alpha value is -1.07. The molecule has 0 aromatic heterocycles. The summed E-state index contributed by atoms with van der Waals surface area (Å²) in [5.74, 6) is 0.600. The van der Waals surface area contributed by atoms with Crippen LogP contribution in [0.15, 0.2) is 28.7 Å². The number of amides is 1. The highest BCUT2D eigenvalue weighted by Gasteiger charge is 2.13. The van der Waals surface area contributed by atoms with Crippen LogP contribution in [0.25, 0.3) is 0 Å². The number of rotatable bonds is 6. The molecule has 0 heterocycles. The van der Waals surface area contributed by atoms with Gasteiger partial charge in [-0.1, -0.05) is 15.9 Å². The topological polar surface area (TPSA) is 58.6 Å². The second-order valence-electron chi connectivity index (χ2n) is 4.64. The average molecular weight is 316 g/mol. The minimum absolute atomic E-state index is 0.130.